The van der Waals surface area contributed by atoms with E-state index in [9.17, 15) is 33.8 Å². The lowest BCUT2D eigenvalue weighted by molar-refractivity contribution is -0.0147. The normalized spacial score (nSPS) is 29.4. The maximum atomic E-state index is 13.9. The number of ketones is 1. The number of rotatable bonds is 5. The molecule has 6 bridgehead atoms. The molecule has 0 amide bonds. The smallest absolute Gasteiger partial charge is 0.394 e. The number of fused-ring (bicyclic) bond motifs is 7. The summed E-state index contributed by atoms with van der Waals surface area (Å²) >= 11 is 0. The molecule has 0 fully saturated rings. The molecule has 0 aromatic heterocycles. The van der Waals surface area contributed by atoms with Gasteiger partial charge in [-0.15, -0.1) is 0 Å². The van der Waals surface area contributed by atoms with E-state index in [0.29, 0.717) is 0 Å². The SMILES string of the molecule is O=C(CC(O)C(O)CO)c1c2c3c4c(c5c6c7c(c8c9c%10c(c1c8c63)OP(=O)(O%10)O9)OP(=O)(O5)O7)OP(=O)(O4)O2. The van der Waals surface area contributed by atoms with E-state index >= 15 is 0 Å². The summed E-state index contributed by atoms with van der Waals surface area (Å²) in [5, 5.41) is 30.3. The fourth-order valence-electron chi connectivity index (χ4n) is 5.99. The molecule has 19 heteroatoms. The summed E-state index contributed by atoms with van der Waals surface area (Å²) < 4.78 is 90.1. The van der Waals surface area contributed by atoms with Crippen LogP contribution in [0.4, 0.5) is 0 Å². The van der Waals surface area contributed by atoms with E-state index in [2.05, 4.69) is 0 Å². The summed E-state index contributed by atoms with van der Waals surface area (Å²) in [6, 6.07) is 0. The predicted molar refractivity (Wildman–Crippen MR) is 127 cm³/mol. The number of hydrogen-bond donors (Lipinski definition) is 3. The van der Waals surface area contributed by atoms with Gasteiger partial charge in [0.2, 0.25) is 11.5 Å². The van der Waals surface area contributed by atoms with Gasteiger partial charge in [-0.3, -0.25) is 4.79 Å². The zero-order valence-electron chi connectivity index (χ0n) is 19.1. The van der Waals surface area contributed by atoms with Crippen molar-refractivity contribution in [2.24, 2.45) is 0 Å². The first-order chi connectivity index (χ1) is 19.0. The largest absolute Gasteiger partial charge is 0.647 e. The average Bonchev–Trinajstić information content (AvgIpc) is 3.60. The van der Waals surface area contributed by atoms with Crippen LogP contribution < -0.4 is 40.7 Å². The van der Waals surface area contributed by atoms with Crippen molar-refractivity contribution in [1.29, 1.82) is 0 Å². The second-order valence-electron chi connectivity index (χ2n) is 9.69. The molecule has 3 N–H and O–H groups in total. The van der Waals surface area contributed by atoms with Crippen LogP contribution in [-0.2, 0) is 13.7 Å². The third-order valence-corrected chi connectivity index (χ3v) is 11.1. The van der Waals surface area contributed by atoms with E-state index in [1.807, 2.05) is 0 Å². The molecule has 10 rings (SSSR count). The molecular weight excluding hydrogens is 601 g/mol. The lowest BCUT2D eigenvalue weighted by Crippen LogP contribution is -2.31. The minimum absolute atomic E-state index is 0.0355. The standard InChI is InChI=1S/C21H9O16P3/c22-2-5(25)3(23)1-4(24)6-9-7-8-10-13(6)29-38(26)33-17(10)21(37-38)19-12(8)16-15(31-39(27,32-16)34-19)11(7)18-20-14(9)30-40(28,35-18)36-20/h3,5,22-23,25H,1-2H2. The predicted octanol–water partition coefficient (Wildman–Crippen LogP) is 3.69. The van der Waals surface area contributed by atoms with Gasteiger partial charge in [0, 0.05) is 22.6 Å². The Kier molecular flexibility index (Phi) is 3.40. The van der Waals surface area contributed by atoms with Crippen LogP contribution in [0.1, 0.15) is 16.8 Å². The van der Waals surface area contributed by atoms with E-state index < -0.39 is 54.5 Å². The van der Waals surface area contributed by atoms with Gasteiger partial charge in [0.05, 0.1) is 34.4 Å². The highest BCUT2D eigenvalue weighted by molar-refractivity contribution is 7.51. The van der Waals surface area contributed by atoms with Gasteiger partial charge in [0.25, 0.3) is 0 Å². The Morgan fingerprint density at radius 1 is 0.525 bits per heavy atom. The second kappa shape index (κ2) is 6.15. The number of hydrogen-bond acceptors (Lipinski definition) is 16. The van der Waals surface area contributed by atoms with Crippen LogP contribution in [0.2, 0.25) is 0 Å². The van der Waals surface area contributed by atoms with E-state index in [1.165, 1.54) is 0 Å². The molecule has 4 aromatic carbocycles. The monoisotopic (exact) mass is 610 g/mol. The first-order valence-electron chi connectivity index (χ1n) is 11.6. The molecule has 0 saturated heterocycles. The number of carbonyl (C=O) groups excluding carboxylic acids is 1. The number of carbonyl (C=O) groups is 1. The minimum Gasteiger partial charge on any atom is -0.394 e. The van der Waals surface area contributed by atoms with Gasteiger partial charge >= 0.3 is 23.5 Å². The Balaban J connectivity index is 1.45. The van der Waals surface area contributed by atoms with Crippen LogP contribution in [0.5, 0.6) is 51.7 Å². The summed E-state index contributed by atoms with van der Waals surface area (Å²) in [6.45, 7) is -0.832. The van der Waals surface area contributed by atoms with Gasteiger partial charge in [-0.05, 0) is 0 Å². The van der Waals surface area contributed by atoms with Crippen molar-refractivity contribution in [2.45, 2.75) is 18.6 Å². The maximum Gasteiger partial charge on any atom is 0.647 e. The molecule has 0 saturated carbocycles. The highest BCUT2D eigenvalue weighted by atomic mass is 31.2. The number of aliphatic hydroxyl groups is 3. The molecule has 0 aliphatic carbocycles. The number of Topliss-reactive ketones (excluding diaryl/α,β-unsaturated/α-hetero) is 1. The zero-order valence-corrected chi connectivity index (χ0v) is 21.7. The summed E-state index contributed by atoms with van der Waals surface area (Å²) in [7, 11) is -13.0. The topological polar surface area (TPSA) is 212 Å². The van der Waals surface area contributed by atoms with Crippen molar-refractivity contribution in [1.82, 2.24) is 0 Å². The van der Waals surface area contributed by atoms with Crippen LogP contribution >= 0.6 is 23.5 Å². The van der Waals surface area contributed by atoms with Crippen molar-refractivity contribution in [3.63, 3.8) is 0 Å². The van der Waals surface area contributed by atoms with Gasteiger partial charge < -0.3 is 56.0 Å². The number of benzene rings is 4. The molecule has 6 aliphatic heterocycles. The Morgan fingerprint density at radius 2 is 0.875 bits per heavy atom. The van der Waals surface area contributed by atoms with Crippen LogP contribution in [0.3, 0.4) is 0 Å². The molecule has 5 unspecified atom stereocenters. The lowest BCUT2D eigenvalue weighted by Gasteiger charge is -2.26. The first-order valence-corrected chi connectivity index (χ1v) is 15.9. The molecule has 0 radical (unpaired) electrons. The van der Waals surface area contributed by atoms with E-state index in [0.717, 1.165) is 0 Å². The average molecular weight is 610 g/mol. The van der Waals surface area contributed by atoms with Gasteiger partial charge in [0.1, 0.15) is 6.10 Å². The molecular formula is C21H9O16P3. The van der Waals surface area contributed by atoms with Gasteiger partial charge in [-0.25, -0.2) is 0 Å². The molecule has 4 aromatic rings. The van der Waals surface area contributed by atoms with Gasteiger partial charge in [0.15, 0.2) is 46.0 Å². The van der Waals surface area contributed by atoms with Crippen molar-refractivity contribution in [3.8, 4) is 51.7 Å². The molecule has 16 nitrogen and oxygen atoms in total. The Bertz CT molecular complexity index is 2170. The summed E-state index contributed by atoms with van der Waals surface area (Å²) in [5.41, 5.74) is -0.305. The second-order valence-corrected chi connectivity index (χ2v) is 14.0. The lowest BCUT2D eigenvalue weighted by atomic mass is 9.85. The third kappa shape index (κ3) is 2.22. The molecule has 0 spiro atoms. The van der Waals surface area contributed by atoms with Crippen molar-refractivity contribution >= 4 is 61.6 Å². The van der Waals surface area contributed by atoms with Gasteiger partial charge in [-0.1, -0.05) is 0 Å². The van der Waals surface area contributed by atoms with Gasteiger partial charge in [-0.2, -0.15) is 13.7 Å². The van der Waals surface area contributed by atoms with E-state index in [-0.39, 0.29) is 89.6 Å². The Labute approximate surface area is 218 Å². The summed E-state index contributed by atoms with van der Waals surface area (Å²) in [6.07, 6.45) is -4.10. The van der Waals surface area contributed by atoms with E-state index in [1.54, 1.807) is 0 Å². The maximum absolute atomic E-state index is 13.9. The fourth-order valence-corrected chi connectivity index (χ4v) is 9.90. The van der Waals surface area contributed by atoms with Crippen molar-refractivity contribution < 1.29 is 74.5 Å². The van der Waals surface area contributed by atoms with Crippen molar-refractivity contribution in [2.75, 3.05) is 6.61 Å². The minimum atomic E-state index is -4.46. The van der Waals surface area contributed by atoms with Crippen LogP contribution in [0, 0.1) is 0 Å². The molecule has 40 heavy (non-hydrogen) atoms. The number of phosphoric ester groups is 3. The number of aliphatic hydroxyl groups excluding tert-OH is 3. The molecule has 5 atom stereocenters. The summed E-state index contributed by atoms with van der Waals surface area (Å²) in [5.74, 6) is -2.17. The van der Waals surface area contributed by atoms with Crippen LogP contribution in [0.25, 0.3) is 32.3 Å². The van der Waals surface area contributed by atoms with E-state index in [4.69, 9.17) is 40.7 Å². The van der Waals surface area contributed by atoms with Crippen molar-refractivity contribution in [3.05, 3.63) is 5.56 Å². The quantitative estimate of drug-likeness (QED) is 0.167. The fraction of sp³-hybridized carbons (Fsp3) is 0.190. The Hall–Kier alpha value is -3.64. The molecule has 6 aliphatic rings. The molecule has 6 heterocycles. The molecule has 204 valence electrons. The zero-order chi connectivity index (χ0) is 27.2. The first kappa shape index (κ1) is 22.1. The highest BCUT2D eigenvalue weighted by Gasteiger charge is 2.60. The third-order valence-electron chi connectivity index (χ3n) is 7.48. The Morgan fingerprint density at radius 3 is 1.35 bits per heavy atom. The van der Waals surface area contributed by atoms with Crippen LogP contribution in [0.15, 0.2) is 0 Å². The summed E-state index contributed by atoms with van der Waals surface area (Å²) in [4.78, 5) is 13.9. The number of phosphoric acid groups is 3. The highest BCUT2D eigenvalue weighted by Crippen LogP contribution is 2.81. The van der Waals surface area contributed by atoms with Crippen LogP contribution in [-0.4, -0.2) is 39.9 Å².